The predicted octanol–water partition coefficient (Wildman–Crippen LogP) is 1.34. The first-order valence-electron chi connectivity index (χ1n) is 5.55. The topological polar surface area (TPSA) is 90.4 Å². The van der Waals surface area contributed by atoms with Crippen LogP contribution in [0.5, 0.6) is 0 Å². The number of hydrogen-bond donors (Lipinski definition) is 3. The second-order valence-corrected chi connectivity index (χ2v) is 4.41. The van der Waals surface area contributed by atoms with Gasteiger partial charge in [0, 0.05) is 26.2 Å². The van der Waals surface area contributed by atoms with Gasteiger partial charge in [-0.25, -0.2) is 9.78 Å². The zero-order chi connectivity index (χ0) is 13.1. The van der Waals surface area contributed by atoms with Gasteiger partial charge in [0.1, 0.15) is 10.8 Å². The lowest BCUT2D eigenvalue weighted by molar-refractivity contribution is 0.155. The van der Waals surface area contributed by atoms with E-state index in [9.17, 15) is 4.79 Å². The molecule has 1 aromatic heterocycles. The maximum atomic E-state index is 10.8. The monoisotopic (exact) mass is 271 g/mol. The molecule has 0 bridgehead atoms. The van der Waals surface area contributed by atoms with Gasteiger partial charge in [0.05, 0.1) is 6.20 Å². The van der Waals surface area contributed by atoms with Gasteiger partial charge in [-0.05, 0) is 6.42 Å². The smallest absolute Gasteiger partial charge is 0.407 e. The normalized spacial score (nSPS) is 18.8. The molecule has 0 aliphatic carbocycles. The lowest BCUT2D eigenvalue weighted by Gasteiger charge is -2.14. The summed E-state index contributed by atoms with van der Waals surface area (Å²) in [5.74, 6) is 0.989. The molecule has 1 aliphatic heterocycles. The number of hydrogen-bond acceptors (Lipinski definition) is 5. The molecule has 0 saturated carbocycles. The fourth-order valence-electron chi connectivity index (χ4n) is 1.85. The van der Waals surface area contributed by atoms with E-state index in [4.69, 9.17) is 16.7 Å². The van der Waals surface area contributed by atoms with Crippen LogP contribution in [0.25, 0.3) is 0 Å². The number of carbonyl (C=O) groups is 1. The largest absolute Gasteiger partial charge is 0.465 e. The van der Waals surface area contributed by atoms with Gasteiger partial charge in [0.25, 0.3) is 0 Å². The minimum Gasteiger partial charge on any atom is -0.465 e. The average Bonchev–Trinajstić information content (AvgIpc) is 2.80. The lowest BCUT2D eigenvalue weighted by atomic mass is 10.3. The molecule has 1 aliphatic rings. The molecule has 1 atom stereocenters. The Labute approximate surface area is 109 Å². The molecule has 8 heteroatoms. The molecule has 0 spiro atoms. The maximum absolute atomic E-state index is 10.8. The summed E-state index contributed by atoms with van der Waals surface area (Å²) >= 11 is 5.88. The second kappa shape index (κ2) is 5.26. The number of carboxylic acid groups (broad SMARTS) is 1. The van der Waals surface area contributed by atoms with E-state index in [-0.39, 0.29) is 6.04 Å². The van der Waals surface area contributed by atoms with Crippen LogP contribution in [-0.2, 0) is 0 Å². The van der Waals surface area contributed by atoms with Crippen LogP contribution in [0.1, 0.15) is 6.42 Å². The van der Waals surface area contributed by atoms with Crippen LogP contribution in [0.2, 0.25) is 5.02 Å². The van der Waals surface area contributed by atoms with Crippen molar-refractivity contribution in [2.75, 3.05) is 30.8 Å². The molecule has 0 unspecified atom stereocenters. The Bertz CT molecular complexity index is 456. The lowest BCUT2D eigenvalue weighted by Crippen LogP contribution is -2.30. The van der Waals surface area contributed by atoms with Crippen LogP contribution in [0.4, 0.5) is 16.6 Å². The molecule has 0 aromatic carbocycles. The Hall–Kier alpha value is -1.76. The van der Waals surface area contributed by atoms with Crippen molar-refractivity contribution in [3.63, 3.8) is 0 Å². The molecule has 1 saturated heterocycles. The highest BCUT2D eigenvalue weighted by Gasteiger charge is 2.26. The number of amides is 1. The molecule has 2 heterocycles. The van der Waals surface area contributed by atoms with Gasteiger partial charge >= 0.3 is 6.09 Å². The first-order valence-corrected chi connectivity index (χ1v) is 5.92. The van der Waals surface area contributed by atoms with Crippen LogP contribution >= 0.6 is 11.6 Å². The van der Waals surface area contributed by atoms with Crippen molar-refractivity contribution in [3.05, 3.63) is 11.2 Å². The van der Waals surface area contributed by atoms with E-state index in [1.54, 1.807) is 7.05 Å². The quantitative estimate of drug-likeness (QED) is 0.768. The van der Waals surface area contributed by atoms with Crippen LogP contribution in [0.3, 0.4) is 0 Å². The maximum Gasteiger partial charge on any atom is 0.407 e. The highest BCUT2D eigenvalue weighted by atomic mass is 35.5. The van der Waals surface area contributed by atoms with Gasteiger partial charge in [-0.3, -0.25) is 0 Å². The van der Waals surface area contributed by atoms with E-state index in [1.807, 2.05) is 0 Å². The summed E-state index contributed by atoms with van der Waals surface area (Å²) in [5, 5.41) is 15.3. The van der Waals surface area contributed by atoms with Crippen molar-refractivity contribution in [3.8, 4) is 0 Å². The summed E-state index contributed by atoms with van der Waals surface area (Å²) in [7, 11) is 1.72. The Morgan fingerprint density at radius 2 is 2.44 bits per heavy atom. The van der Waals surface area contributed by atoms with E-state index in [0.29, 0.717) is 29.9 Å². The van der Waals surface area contributed by atoms with Crippen LogP contribution in [-0.4, -0.2) is 52.2 Å². The zero-order valence-electron chi connectivity index (χ0n) is 9.85. The van der Waals surface area contributed by atoms with Crippen LogP contribution in [0, 0.1) is 0 Å². The summed E-state index contributed by atoms with van der Waals surface area (Å²) in [6, 6.07) is 0.0342. The zero-order valence-corrected chi connectivity index (χ0v) is 10.6. The number of anilines is 2. The van der Waals surface area contributed by atoms with E-state index in [0.717, 1.165) is 6.42 Å². The first kappa shape index (κ1) is 12.7. The third-order valence-electron chi connectivity index (χ3n) is 2.77. The molecule has 18 heavy (non-hydrogen) atoms. The van der Waals surface area contributed by atoms with Gasteiger partial charge < -0.3 is 20.6 Å². The number of rotatable bonds is 3. The average molecular weight is 272 g/mol. The molecular weight excluding hydrogens is 258 g/mol. The van der Waals surface area contributed by atoms with E-state index < -0.39 is 6.09 Å². The Balaban J connectivity index is 2.00. The number of aromatic nitrogens is 2. The molecular formula is C10H14ClN5O2. The molecule has 1 fully saturated rings. The molecule has 98 valence electrons. The Kier molecular flexibility index (Phi) is 3.71. The van der Waals surface area contributed by atoms with Crippen molar-refractivity contribution >= 4 is 29.5 Å². The van der Waals surface area contributed by atoms with Gasteiger partial charge in [-0.15, -0.1) is 0 Å². The van der Waals surface area contributed by atoms with Gasteiger partial charge in [-0.2, -0.15) is 4.98 Å². The molecule has 2 rings (SSSR count). The molecule has 3 N–H and O–H groups in total. The van der Waals surface area contributed by atoms with Crippen LogP contribution in [0.15, 0.2) is 6.20 Å². The Morgan fingerprint density at radius 1 is 1.67 bits per heavy atom. The number of halogens is 1. The highest BCUT2D eigenvalue weighted by molar-refractivity contribution is 6.32. The van der Waals surface area contributed by atoms with Gasteiger partial charge in [0.15, 0.2) is 0 Å². The second-order valence-electron chi connectivity index (χ2n) is 4.00. The SMILES string of the molecule is CNc1nc(N[C@@H]2CCN(C(=O)O)C2)ncc1Cl. The third kappa shape index (κ3) is 2.73. The minimum atomic E-state index is -0.896. The fraction of sp³-hybridized carbons (Fsp3) is 0.500. The number of nitrogens with one attached hydrogen (secondary N) is 2. The van der Waals surface area contributed by atoms with E-state index >= 15 is 0 Å². The first-order chi connectivity index (χ1) is 8.60. The molecule has 1 amide bonds. The summed E-state index contributed by atoms with van der Waals surface area (Å²) in [4.78, 5) is 20.4. The minimum absolute atomic E-state index is 0.0342. The van der Waals surface area contributed by atoms with Crippen molar-refractivity contribution in [2.45, 2.75) is 12.5 Å². The number of likely N-dealkylation sites (tertiary alicyclic amines) is 1. The summed E-state index contributed by atoms with van der Waals surface area (Å²) < 4.78 is 0. The van der Waals surface area contributed by atoms with Gasteiger partial charge in [-0.1, -0.05) is 11.6 Å². The standard InChI is InChI=1S/C10H14ClN5O2/c1-12-8-7(11)4-13-9(15-8)14-6-2-3-16(5-6)10(17)18/h4,6H,2-3,5H2,1H3,(H,17,18)(H2,12,13,14,15)/t6-/m1/s1. The van der Waals surface area contributed by atoms with Crippen molar-refractivity contribution in [2.24, 2.45) is 0 Å². The Morgan fingerprint density at radius 3 is 3.06 bits per heavy atom. The number of nitrogens with zero attached hydrogens (tertiary/aromatic N) is 3. The van der Waals surface area contributed by atoms with Crippen molar-refractivity contribution in [1.82, 2.24) is 14.9 Å². The summed E-state index contributed by atoms with van der Waals surface area (Å²) in [6.07, 6.45) is 1.35. The predicted molar refractivity (Wildman–Crippen MR) is 68.2 cm³/mol. The van der Waals surface area contributed by atoms with E-state index in [2.05, 4.69) is 20.6 Å². The third-order valence-corrected chi connectivity index (χ3v) is 3.05. The van der Waals surface area contributed by atoms with Gasteiger partial charge in [0.2, 0.25) is 5.95 Å². The van der Waals surface area contributed by atoms with Crippen molar-refractivity contribution < 1.29 is 9.90 Å². The molecule has 0 radical (unpaired) electrons. The van der Waals surface area contributed by atoms with Crippen molar-refractivity contribution in [1.29, 1.82) is 0 Å². The molecule has 1 aromatic rings. The summed E-state index contributed by atoms with van der Waals surface area (Å²) in [6.45, 7) is 0.968. The highest BCUT2D eigenvalue weighted by Crippen LogP contribution is 2.20. The summed E-state index contributed by atoms with van der Waals surface area (Å²) in [5.41, 5.74) is 0. The van der Waals surface area contributed by atoms with Crippen LogP contribution < -0.4 is 10.6 Å². The van der Waals surface area contributed by atoms with E-state index in [1.165, 1.54) is 11.1 Å². The fourth-order valence-corrected chi connectivity index (χ4v) is 2.03. The molecule has 7 nitrogen and oxygen atoms in total.